The monoisotopic (exact) mass is 247 g/mol. The predicted molar refractivity (Wildman–Crippen MR) is 73.1 cm³/mol. The molecule has 4 nitrogen and oxygen atoms in total. The summed E-state index contributed by atoms with van der Waals surface area (Å²) in [6, 6.07) is 4.82. The first kappa shape index (κ1) is 11.8. The van der Waals surface area contributed by atoms with Gasteiger partial charge >= 0.3 is 0 Å². The number of aromatic nitrogens is 1. The highest BCUT2D eigenvalue weighted by atomic mass is 16.5. The standard InChI is InChI=1S/C14H21N3O/c1-18-13-8-12(9-13)16-11-4-5-14(15-10-11)17-6-2-3-7-17/h4-5,10,12-13,16H,2-3,6-9H2,1H3. The van der Waals surface area contributed by atoms with Crippen molar-refractivity contribution >= 4 is 11.5 Å². The van der Waals surface area contributed by atoms with Gasteiger partial charge in [0.1, 0.15) is 5.82 Å². The Morgan fingerprint density at radius 1 is 1.28 bits per heavy atom. The molecule has 3 rings (SSSR count). The van der Waals surface area contributed by atoms with Crippen LogP contribution in [-0.2, 0) is 4.74 Å². The van der Waals surface area contributed by atoms with Crippen molar-refractivity contribution in [2.75, 3.05) is 30.4 Å². The summed E-state index contributed by atoms with van der Waals surface area (Å²) in [6.07, 6.45) is 7.19. The molecule has 2 fully saturated rings. The average Bonchev–Trinajstić information content (AvgIpc) is 2.88. The molecule has 18 heavy (non-hydrogen) atoms. The third-order valence-corrected chi connectivity index (χ3v) is 3.98. The lowest BCUT2D eigenvalue weighted by Gasteiger charge is -2.35. The van der Waals surface area contributed by atoms with Crippen LogP contribution >= 0.6 is 0 Å². The maximum absolute atomic E-state index is 5.28. The highest BCUT2D eigenvalue weighted by Gasteiger charge is 2.28. The van der Waals surface area contributed by atoms with E-state index in [1.807, 2.05) is 6.20 Å². The van der Waals surface area contributed by atoms with Gasteiger partial charge in [0, 0.05) is 26.2 Å². The molecule has 1 saturated heterocycles. The topological polar surface area (TPSA) is 37.4 Å². The van der Waals surface area contributed by atoms with Gasteiger partial charge < -0.3 is 15.0 Å². The van der Waals surface area contributed by atoms with Crippen LogP contribution in [0.1, 0.15) is 25.7 Å². The fourth-order valence-corrected chi connectivity index (χ4v) is 2.72. The molecular formula is C14H21N3O. The first-order valence-electron chi connectivity index (χ1n) is 6.85. The summed E-state index contributed by atoms with van der Waals surface area (Å²) in [7, 11) is 1.79. The highest BCUT2D eigenvalue weighted by molar-refractivity contribution is 5.49. The number of nitrogens with zero attached hydrogens (tertiary/aromatic N) is 2. The highest BCUT2D eigenvalue weighted by Crippen LogP contribution is 2.26. The van der Waals surface area contributed by atoms with Crippen molar-refractivity contribution in [1.82, 2.24) is 4.98 Å². The van der Waals surface area contributed by atoms with Gasteiger partial charge in [-0.3, -0.25) is 0 Å². The summed E-state index contributed by atoms with van der Waals surface area (Å²) in [4.78, 5) is 6.90. The molecule has 0 bridgehead atoms. The smallest absolute Gasteiger partial charge is 0.128 e. The number of hydrogen-bond donors (Lipinski definition) is 1. The normalized spacial score (nSPS) is 27.1. The molecule has 1 aromatic heterocycles. The van der Waals surface area contributed by atoms with E-state index in [0.29, 0.717) is 12.1 Å². The van der Waals surface area contributed by atoms with Crippen LogP contribution in [-0.4, -0.2) is 37.3 Å². The van der Waals surface area contributed by atoms with Gasteiger partial charge in [0.2, 0.25) is 0 Å². The van der Waals surface area contributed by atoms with Gasteiger partial charge in [0.25, 0.3) is 0 Å². The zero-order valence-electron chi connectivity index (χ0n) is 10.9. The van der Waals surface area contributed by atoms with Gasteiger partial charge in [-0.05, 0) is 37.8 Å². The van der Waals surface area contributed by atoms with Crippen molar-refractivity contribution in [2.45, 2.75) is 37.8 Å². The molecule has 1 N–H and O–H groups in total. The molecule has 98 valence electrons. The average molecular weight is 247 g/mol. The fourth-order valence-electron chi connectivity index (χ4n) is 2.72. The van der Waals surface area contributed by atoms with Crippen LogP contribution in [0.2, 0.25) is 0 Å². The third-order valence-electron chi connectivity index (χ3n) is 3.98. The van der Waals surface area contributed by atoms with E-state index in [0.717, 1.165) is 37.4 Å². The summed E-state index contributed by atoms with van der Waals surface area (Å²) >= 11 is 0. The number of pyridine rings is 1. The van der Waals surface area contributed by atoms with Crippen LogP contribution in [0.15, 0.2) is 18.3 Å². The van der Waals surface area contributed by atoms with Gasteiger partial charge in [0.05, 0.1) is 18.0 Å². The van der Waals surface area contributed by atoms with E-state index < -0.39 is 0 Å². The van der Waals surface area contributed by atoms with Crippen LogP contribution in [0.3, 0.4) is 0 Å². The SMILES string of the molecule is COC1CC(Nc2ccc(N3CCCC3)nc2)C1. The van der Waals surface area contributed by atoms with Gasteiger partial charge in [-0.1, -0.05) is 0 Å². The van der Waals surface area contributed by atoms with Crippen LogP contribution in [0.5, 0.6) is 0 Å². The summed E-state index contributed by atoms with van der Waals surface area (Å²) in [6.45, 7) is 2.30. The summed E-state index contributed by atoms with van der Waals surface area (Å²) in [5.74, 6) is 1.11. The van der Waals surface area contributed by atoms with Gasteiger partial charge in [-0.15, -0.1) is 0 Å². The largest absolute Gasteiger partial charge is 0.381 e. The minimum Gasteiger partial charge on any atom is -0.381 e. The van der Waals surface area contributed by atoms with Crippen LogP contribution in [0.25, 0.3) is 0 Å². The van der Waals surface area contributed by atoms with Gasteiger partial charge in [-0.2, -0.15) is 0 Å². The summed E-state index contributed by atoms with van der Waals surface area (Å²) < 4.78 is 5.28. The second-order valence-corrected chi connectivity index (χ2v) is 5.27. The Bertz CT molecular complexity index is 381. The van der Waals surface area contributed by atoms with E-state index in [-0.39, 0.29) is 0 Å². The maximum atomic E-state index is 5.28. The Kier molecular flexibility index (Phi) is 3.37. The molecule has 0 atom stereocenters. The molecule has 0 unspecified atom stereocenters. The number of rotatable bonds is 4. The van der Waals surface area contributed by atoms with Crippen LogP contribution in [0.4, 0.5) is 11.5 Å². The molecule has 4 heteroatoms. The lowest BCUT2D eigenvalue weighted by Crippen LogP contribution is -2.40. The van der Waals surface area contributed by atoms with Crippen molar-refractivity contribution in [3.8, 4) is 0 Å². The molecule has 0 spiro atoms. The van der Waals surface area contributed by atoms with Crippen molar-refractivity contribution in [3.63, 3.8) is 0 Å². The van der Waals surface area contributed by atoms with E-state index in [9.17, 15) is 0 Å². The molecule has 0 amide bonds. The van der Waals surface area contributed by atoms with E-state index in [4.69, 9.17) is 4.74 Å². The fraction of sp³-hybridized carbons (Fsp3) is 0.643. The zero-order valence-corrected chi connectivity index (χ0v) is 10.9. The van der Waals surface area contributed by atoms with Crippen molar-refractivity contribution in [3.05, 3.63) is 18.3 Å². The lowest BCUT2D eigenvalue weighted by atomic mass is 9.89. The number of hydrogen-bond acceptors (Lipinski definition) is 4. The molecular weight excluding hydrogens is 226 g/mol. The minimum absolute atomic E-state index is 0.444. The molecule has 0 radical (unpaired) electrons. The Morgan fingerprint density at radius 2 is 2.06 bits per heavy atom. The molecule has 1 aliphatic heterocycles. The number of anilines is 2. The zero-order chi connectivity index (χ0) is 12.4. The van der Waals surface area contributed by atoms with E-state index in [1.165, 1.54) is 12.8 Å². The van der Waals surface area contributed by atoms with Gasteiger partial charge in [0.15, 0.2) is 0 Å². The van der Waals surface area contributed by atoms with Crippen molar-refractivity contribution in [1.29, 1.82) is 0 Å². The molecule has 2 heterocycles. The first-order chi connectivity index (χ1) is 8.85. The van der Waals surface area contributed by atoms with Crippen LogP contribution < -0.4 is 10.2 Å². The second-order valence-electron chi connectivity index (χ2n) is 5.27. The molecule has 1 aromatic rings. The van der Waals surface area contributed by atoms with Crippen molar-refractivity contribution in [2.24, 2.45) is 0 Å². The predicted octanol–water partition coefficient (Wildman–Crippen LogP) is 2.27. The van der Waals surface area contributed by atoms with E-state index in [1.54, 1.807) is 7.11 Å². The van der Waals surface area contributed by atoms with E-state index in [2.05, 4.69) is 27.3 Å². The summed E-state index contributed by atoms with van der Waals surface area (Å²) in [5.41, 5.74) is 1.12. The quantitative estimate of drug-likeness (QED) is 0.885. The molecule has 1 saturated carbocycles. The maximum Gasteiger partial charge on any atom is 0.128 e. The Hall–Kier alpha value is -1.29. The minimum atomic E-state index is 0.444. The Labute approximate surface area is 108 Å². The summed E-state index contributed by atoms with van der Waals surface area (Å²) in [5, 5.41) is 3.50. The lowest BCUT2D eigenvalue weighted by molar-refractivity contribution is 0.0328. The Morgan fingerprint density at radius 3 is 2.67 bits per heavy atom. The molecule has 1 aliphatic carbocycles. The van der Waals surface area contributed by atoms with Gasteiger partial charge in [-0.25, -0.2) is 4.98 Å². The number of methoxy groups -OCH3 is 1. The van der Waals surface area contributed by atoms with Crippen molar-refractivity contribution < 1.29 is 4.74 Å². The molecule has 2 aliphatic rings. The third kappa shape index (κ3) is 2.43. The van der Waals surface area contributed by atoms with Crippen LogP contribution in [0, 0.1) is 0 Å². The number of nitrogens with one attached hydrogen (secondary N) is 1. The van der Waals surface area contributed by atoms with E-state index >= 15 is 0 Å². The Balaban J connectivity index is 1.54. The number of ether oxygens (including phenoxy) is 1. The molecule has 0 aromatic carbocycles. The first-order valence-corrected chi connectivity index (χ1v) is 6.85. The second kappa shape index (κ2) is 5.14.